The van der Waals surface area contributed by atoms with Gasteiger partial charge in [0, 0.05) is 13.7 Å². The van der Waals surface area contributed by atoms with Crippen LogP contribution in [0.1, 0.15) is 37.4 Å². The summed E-state index contributed by atoms with van der Waals surface area (Å²) < 4.78 is 25.0. The van der Waals surface area contributed by atoms with Gasteiger partial charge in [-0.05, 0) is 50.4 Å². The lowest BCUT2D eigenvalue weighted by atomic mass is 9.94. The number of rotatable bonds is 6. The number of likely N-dealkylation sites (N-methyl/N-ethyl adjacent to an activating group) is 1. The minimum Gasteiger partial charge on any atom is -0.381 e. The third-order valence-corrected chi connectivity index (χ3v) is 3.88. The van der Waals surface area contributed by atoms with Crippen molar-refractivity contribution in [3.63, 3.8) is 0 Å². The molecule has 112 valence electrons. The van der Waals surface area contributed by atoms with E-state index in [-0.39, 0.29) is 24.1 Å². The molecule has 3 unspecified atom stereocenters. The molecule has 0 heterocycles. The van der Waals surface area contributed by atoms with E-state index < -0.39 is 0 Å². The average molecular weight is 281 g/mol. The molecule has 1 N–H and O–H groups in total. The highest BCUT2D eigenvalue weighted by Gasteiger charge is 2.25. The van der Waals surface area contributed by atoms with Gasteiger partial charge in [-0.3, -0.25) is 0 Å². The van der Waals surface area contributed by atoms with Crippen LogP contribution < -0.4 is 5.32 Å². The van der Waals surface area contributed by atoms with Gasteiger partial charge in [0.05, 0.1) is 18.3 Å². The fraction of sp³-hybridized carbons (Fsp3) is 0.625. The molecule has 0 aliphatic heterocycles. The molecule has 0 bridgehead atoms. The first-order valence-corrected chi connectivity index (χ1v) is 7.31. The quantitative estimate of drug-likeness (QED) is 0.869. The van der Waals surface area contributed by atoms with Crippen molar-refractivity contribution in [2.45, 2.75) is 44.0 Å². The molecule has 0 radical (unpaired) electrons. The van der Waals surface area contributed by atoms with Crippen LogP contribution in [0.15, 0.2) is 24.3 Å². The van der Waals surface area contributed by atoms with E-state index in [0.717, 1.165) is 31.2 Å². The molecule has 4 heteroatoms. The molecular weight excluding hydrogens is 257 g/mol. The van der Waals surface area contributed by atoms with Crippen LogP contribution in [0, 0.1) is 5.82 Å². The number of methoxy groups -OCH3 is 1. The zero-order valence-electron chi connectivity index (χ0n) is 12.3. The Labute approximate surface area is 120 Å². The maximum absolute atomic E-state index is 13.4. The second kappa shape index (κ2) is 7.72. The van der Waals surface area contributed by atoms with Gasteiger partial charge in [0.25, 0.3) is 0 Å². The van der Waals surface area contributed by atoms with Crippen molar-refractivity contribution in [3.8, 4) is 0 Å². The van der Waals surface area contributed by atoms with Gasteiger partial charge < -0.3 is 14.8 Å². The Kier molecular flexibility index (Phi) is 5.95. The Morgan fingerprint density at radius 1 is 1.35 bits per heavy atom. The highest BCUT2D eigenvalue weighted by molar-refractivity contribution is 5.19. The Balaban J connectivity index is 2.01. The summed E-state index contributed by atoms with van der Waals surface area (Å²) in [6.45, 7) is 0.678. The van der Waals surface area contributed by atoms with Gasteiger partial charge in [-0.2, -0.15) is 0 Å². The number of hydrogen-bond acceptors (Lipinski definition) is 3. The summed E-state index contributed by atoms with van der Waals surface area (Å²) in [4.78, 5) is 0. The molecule has 0 spiro atoms. The first-order chi connectivity index (χ1) is 9.72. The van der Waals surface area contributed by atoms with Crippen LogP contribution in [0.5, 0.6) is 0 Å². The second-order valence-electron chi connectivity index (χ2n) is 5.38. The number of halogens is 1. The van der Waals surface area contributed by atoms with Gasteiger partial charge in [0.15, 0.2) is 0 Å². The molecule has 1 fully saturated rings. The van der Waals surface area contributed by atoms with Crippen LogP contribution in [0.4, 0.5) is 4.39 Å². The highest BCUT2D eigenvalue weighted by Crippen LogP contribution is 2.28. The van der Waals surface area contributed by atoms with E-state index in [1.807, 2.05) is 13.1 Å². The van der Waals surface area contributed by atoms with Gasteiger partial charge in [-0.15, -0.1) is 0 Å². The zero-order valence-corrected chi connectivity index (χ0v) is 12.3. The van der Waals surface area contributed by atoms with Crippen molar-refractivity contribution in [2.75, 3.05) is 20.7 Å². The molecule has 0 amide bonds. The largest absolute Gasteiger partial charge is 0.381 e. The monoisotopic (exact) mass is 281 g/mol. The van der Waals surface area contributed by atoms with Crippen LogP contribution in [0.2, 0.25) is 0 Å². The second-order valence-corrected chi connectivity index (χ2v) is 5.38. The van der Waals surface area contributed by atoms with Crippen LogP contribution in [-0.4, -0.2) is 32.9 Å². The molecule has 1 aliphatic rings. The summed E-state index contributed by atoms with van der Waals surface area (Å²) in [5.74, 6) is -0.217. The van der Waals surface area contributed by atoms with E-state index in [4.69, 9.17) is 9.47 Å². The van der Waals surface area contributed by atoms with E-state index in [0.29, 0.717) is 6.54 Å². The van der Waals surface area contributed by atoms with Crippen molar-refractivity contribution in [2.24, 2.45) is 0 Å². The summed E-state index contributed by atoms with van der Waals surface area (Å²) in [5.41, 5.74) is 0.888. The first kappa shape index (κ1) is 15.4. The molecule has 1 aromatic rings. The summed E-state index contributed by atoms with van der Waals surface area (Å²) in [6.07, 6.45) is 4.57. The Morgan fingerprint density at radius 3 is 2.85 bits per heavy atom. The van der Waals surface area contributed by atoms with Crippen molar-refractivity contribution >= 4 is 0 Å². The standard InChI is InChI=1S/C16H24FNO2/c1-18-11-16(12-5-3-6-13(17)9-12)20-15-8-4-7-14(10-15)19-2/h3,5-6,9,14-16,18H,4,7-8,10-11H2,1-2H3. The third-order valence-electron chi connectivity index (χ3n) is 3.88. The molecule has 0 saturated heterocycles. The zero-order chi connectivity index (χ0) is 14.4. The predicted octanol–water partition coefficient (Wildman–Crippen LogP) is 3.06. The van der Waals surface area contributed by atoms with Gasteiger partial charge in [-0.25, -0.2) is 4.39 Å². The number of benzene rings is 1. The summed E-state index contributed by atoms with van der Waals surface area (Å²) in [5, 5.41) is 3.12. The average Bonchev–Trinajstić information content (AvgIpc) is 2.47. The summed E-state index contributed by atoms with van der Waals surface area (Å²) >= 11 is 0. The van der Waals surface area contributed by atoms with Crippen LogP contribution in [-0.2, 0) is 9.47 Å². The van der Waals surface area contributed by atoms with Gasteiger partial charge in [0.1, 0.15) is 5.82 Å². The molecule has 20 heavy (non-hydrogen) atoms. The lowest BCUT2D eigenvalue weighted by Gasteiger charge is -2.31. The lowest BCUT2D eigenvalue weighted by Crippen LogP contribution is -2.31. The van der Waals surface area contributed by atoms with Gasteiger partial charge in [-0.1, -0.05) is 12.1 Å². The summed E-state index contributed by atoms with van der Waals surface area (Å²) in [7, 11) is 3.64. The minimum atomic E-state index is -0.217. The van der Waals surface area contributed by atoms with E-state index >= 15 is 0 Å². The van der Waals surface area contributed by atoms with Crippen molar-refractivity contribution < 1.29 is 13.9 Å². The minimum absolute atomic E-state index is 0.115. The Bertz CT molecular complexity index is 413. The van der Waals surface area contributed by atoms with Crippen molar-refractivity contribution in [1.29, 1.82) is 0 Å². The molecule has 1 aromatic carbocycles. The maximum atomic E-state index is 13.4. The fourth-order valence-corrected chi connectivity index (χ4v) is 2.81. The molecule has 3 nitrogen and oxygen atoms in total. The van der Waals surface area contributed by atoms with Crippen LogP contribution in [0.3, 0.4) is 0 Å². The normalized spacial score (nSPS) is 24.6. The van der Waals surface area contributed by atoms with Crippen LogP contribution >= 0.6 is 0 Å². The smallest absolute Gasteiger partial charge is 0.123 e. The molecule has 2 rings (SSSR count). The molecule has 3 atom stereocenters. The maximum Gasteiger partial charge on any atom is 0.123 e. The van der Waals surface area contributed by atoms with E-state index in [9.17, 15) is 4.39 Å². The van der Waals surface area contributed by atoms with Gasteiger partial charge in [0.2, 0.25) is 0 Å². The van der Waals surface area contributed by atoms with E-state index in [1.165, 1.54) is 6.07 Å². The SMILES string of the molecule is CNCC(OC1CCCC(OC)C1)c1cccc(F)c1. The fourth-order valence-electron chi connectivity index (χ4n) is 2.81. The van der Waals surface area contributed by atoms with E-state index in [2.05, 4.69) is 5.32 Å². The van der Waals surface area contributed by atoms with Crippen molar-refractivity contribution in [1.82, 2.24) is 5.32 Å². The number of ether oxygens (including phenoxy) is 2. The lowest BCUT2D eigenvalue weighted by molar-refractivity contribution is -0.0652. The third kappa shape index (κ3) is 4.27. The van der Waals surface area contributed by atoms with E-state index in [1.54, 1.807) is 19.2 Å². The molecule has 0 aromatic heterocycles. The Morgan fingerprint density at radius 2 is 2.15 bits per heavy atom. The van der Waals surface area contributed by atoms with Crippen molar-refractivity contribution in [3.05, 3.63) is 35.6 Å². The molecule has 1 saturated carbocycles. The number of hydrogen-bond donors (Lipinski definition) is 1. The molecule has 1 aliphatic carbocycles. The highest BCUT2D eigenvalue weighted by atomic mass is 19.1. The number of nitrogens with one attached hydrogen (secondary N) is 1. The topological polar surface area (TPSA) is 30.5 Å². The predicted molar refractivity (Wildman–Crippen MR) is 77.2 cm³/mol. The summed E-state index contributed by atoms with van der Waals surface area (Å²) in [6, 6.07) is 6.66. The Hall–Kier alpha value is -0.970. The first-order valence-electron chi connectivity index (χ1n) is 7.31. The van der Waals surface area contributed by atoms with Gasteiger partial charge >= 0.3 is 0 Å². The molecular formula is C16H24FNO2. The van der Waals surface area contributed by atoms with Crippen LogP contribution in [0.25, 0.3) is 0 Å².